The zero-order valence-electron chi connectivity index (χ0n) is 41.5. The number of rotatable bonds is 27. The second-order valence-corrected chi connectivity index (χ2v) is 19.1. The van der Waals surface area contributed by atoms with E-state index in [1.165, 1.54) is 24.4 Å². The molecular formula is C50H71N5O13S. The van der Waals surface area contributed by atoms with Crippen LogP contribution in [0.4, 0.5) is 5.69 Å². The fourth-order valence-corrected chi connectivity index (χ4v) is 9.19. The van der Waals surface area contributed by atoms with Crippen molar-refractivity contribution < 1.29 is 63.1 Å². The van der Waals surface area contributed by atoms with Gasteiger partial charge in [0.2, 0.25) is 17.6 Å². The van der Waals surface area contributed by atoms with Gasteiger partial charge in [-0.15, -0.1) is 11.3 Å². The number of hydrogen-bond donors (Lipinski definition) is 4. The summed E-state index contributed by atoms with van der Waals surface area (Å²) >= 11 is 1.12. The first kappa shape index (κ1) is 57.6. The van der Waals surface area contributed by atoms with Gasteiger partial charge >= 0.3 is 17.9 Å². The molecule has 0 spiro atoms. The van der Waals surface area contributed by atoms with Gasteiger partial charge in [-0.2, -0.15) is 4.89 Å². The van der Waals surface area contributed by atoms with E-state index in [2.05, 4.69) is 20.5 Å². The van der Waals surface area contributed by atoms with E-state index in [1.54, 1.807) is 37.8 Å². The van der Waals surface area contributed by atoms with Crippen molar-refractivity contribution in [3.05, 3.63) is 39.8 Å². The number of nitrogens with zero attached hydrogens (tertiary/aromatic N) is 3. The maximum atomic E-state index is 14.4. The zero-order valence-corrected chi connectivity index (χ0v) is 42.3. The Morgan fingerprint density at radius 1 is 1.00 bits per heavy atom. The van der Waals surface area contributed by atoms with E-state index in [1.807, 2.05) is 40.7 Å². The molecule has 3 rings (SSSR count). The van der Waals surface area contributed by atoms with Gasteiger partial charge < -0.3 is 30.5 Å². The monoisotopic (exact) mass is 981 g/mol. The standard InChI is InChI=1S/C50H71N5O13S/c1-10-31(5)37(27-43(59)40-17-14-15-23-54(40)8)49(64)55(9)41(30(3)4)28-44(67-33(7)56)48-53-39(29-69-48)47(63)51-35(24-32(6)50(65)68-66-11-2)25-34-19-21-42(58)38(26-34)52-45(60)18-13-12-16-36(57)20-22-46(61)62/h19,21,26,29-32,35,37,40-41,44,58H,10-18,23-25,27-28H2,1-9H3,(H,51,63)(H,52,60)(H,61,62)/t31-,32?,35+,37-,40+,41+,44+/m0/s1. The van der Waals surface area contributed by atoms with Gasteiger partial charge in [0.25, 0.3) is 5.91 Å². The second kappa shape index (κ2) is 28.7. The van der Waals surface area contributed by atoms with E-state index >= 15 is 0 Å². The van der Waals surface area contributed by atoms with Crippen LogP contribution >= 0.6 is 11.3 Å². The number of piperidine rings is 1. The maximum absolute atomic E-state index is 14.4. The van der Waals surface area contributed by atoms with Crippen LogP contribution in [0.15, 0.2) is 23.6 Å². The van der Waals surface area contributed by atoms with Gasteiger partial charge in [0, 0.05) is 69.0 Å². The van der Waals surface area contributed by atoms with Crippen LogP contribution in [0.3, 0.4) is 0 Å². The first-order valence-corrected chi connectivity index (χ1v) is 24.7. The van der Waals surface area contributed by atoms with Gasteiger partial charge in [-0.1, -0.05) is 53.5 Å². The van der Waals surface area contributed by atoms with Crippen LogP contribution in [0.1, 0.15) is 146 Å². The fourth-order valence-electron chi connectivity index (χ4n) is 8.35. The lowest BCUT2D eigenvalue weighted by Crippen LogP contribution is -2.48. The molecule has 0 radical (unpaired) electrons. The van der Waals surface area contributed by atoms with E-state index in [0.29, 0.717) is 29.8 Å². The molecule has 1 saturated heterocycles. The van der Waals surface area contributed by atoms with E-state index in [4.69, 9.17) is 19.6 Å². The molecule has 2 heterocycles. The fraction of sp³-hybridized carbons (Fsp3) is 0.620. The number of phenolic OH excluding ortho intramolecular Hbond substituents is 1. The number of aromatic hydroxyl groups is 1. The summed E-state index contributed by atoms with van der Waals surface area (Å²) in [5.74, 6) is -2.22. The van der Waals surface area contributed by atoms with Crippen LogP contribution < -0.4 is 10.6 Å². The highest BCUT2D eigenvalue weighted by atomic mass is 32.1. The molecular weight excluding hydrogens is 911 g/mol. The molecule has 1 unspecified atom stereocenters. The number of hydrogen-bond acceptors (Lipinski definition) is 15. The molecule has 0 saturated carbocycles. The van der Waals surface area contributed by atoms with Crippen molar-refractivity contribution >= 4 is 64.2 Å². The van der Waals surface area contributed by atoms with Crippen LogP contribution in [0.5, 0.6) is 5.75 Å². The Bertz CT molecular complexity index is 2170. The van der Waals surface area contributed by atoms with E-state index < -0.39 is 65.5 Å². The van der Waals surface area contributed by atoms with Gasteiger partial charge in [0.15, 0.2) is 11.9 Å². The topological polar surface area (TPSA) is 248 Å². The van der Waals surface area contributed by atoms with Crippen LogP contribution in [-0.4, -0.2) is 118 Å². The summed E-state index contributed by atoms with van der Waals surface area (Å²) in [4.78, 5) is 121. The zero-order chi connectivity index (χ0) is 51.4. The van der Waals surface area contributed by atoms with Gasteiger partial charge in [0.1, 0.15) is 16.5 Å². The Labute approximate surface area is 409 Å². The van der Waals surface area contributed by atoms with Crippen molar-refractivity contribution in [1.29, 1.82) is 0 Å². The molecule has 1 fully saturated rings. The Kier molecular flexibility index (Phi) is 24.0. The molecule has 4 N–H and O–H groups in total. The number of likely N-dealkylation sites (tertiary alicyclic amines) is 1. The van der Waals surface area contributed by atoms with Crippen molar-refractivity contribution in [3.63, 3.8) is 0 Å². The number of esters is 1. The molecule has 2 aromatic rings. The third-order valence-electron chi connectivity index (χ3n) is 12.4. The number of nitrogens with one attached hydrogen (secondary N) is 2. The number of amides is 3. The van der Waals surface area contributed by atoms with E-state index in [9.17, 15) is 43.5 Å². The number of aromatic nitrogens is 1. The number of ether oxygens (including phenoxy) is 1. The Morgan fingerprint density at radius 3 is 2.35 bits per heavy atom. The number of benzene rings is 1. The summed E-state index contributed by atoms with van der Waals surface area (Å²) in [6.45, 7) is 13.5. The number of likely N-dealkylation sites (N-methyl/N-ethyl adjacent to an activating group) is 1. The van der Waals surface area contributed by atoms with Crippen LogP contribution in [0.25, 0.3) is 0 Å². The average molecular weight is 982 g/mol. The minimum atomic E-state index is -1.41. The second-order valence-electron chi connectivity index (χ2n) is 18.2. The summed E-state index contributed by atoms with van der Waals surface area (Å²) in [7, 11) is 3.68. The third-order valence-corrected chi connectivity index (χ3v) is 13.4. The van der Waals surface area contributed by atoms with E-state index in [-0.39, 0.29) is 91.8 Å². The van der Waals surface area contributed by atoms with Gasteiger partial charge in [-0.05, 0) is 94.5 Å². The predicted molar refractivity (Wildman–Crippen MR) is 258 cm³/mol. The highest BCUT2D eigenvalue weighted by Crippen LogP contribution is 2.33. The lowest BCUT2D eigenvalue weighted by molar-refractivity contribution is -0.273. The van der Waals surface area contributed by atoms with Crippen LogP contribution in [0.2, 0.25) is 0 Å². The lowest BCUT2D eigenvalue weighted by Gasteiger charge is -2.37. The van der Waals surface area contributed by atoms with Crippen molar-refractivity contribution in [2.45, 2.75) is 150 Å². The normalized spacial score (nSPS) is 16.3. The van der Waals surface area contributed by atoms with Crippen molar-refractivity contribution in [1.82, 2.24) is 20.1 Å². The molecule has 1 aromatic heterocycles. The van der Waals surface area contributed by atoms with Crippen LogP contribution in [-0.2, 0) is 54.5 Å². The van der Waals surface area contributed by atoms with Gasteiger partial charge in [-0.25, -0.2) is 14.6 Å². The van der Waals surface area contributed by atoms with Crippen molar-refractivity contribution in [2.24, 2.45) is 23.7 Å². The summed E-state index contributed by atoms with van der Waals surface area (Å²) in [6.07, 6.45) is 3.66. The number of thiazole rings is 1. The highest BCUT2D eigenvalue weighted by molar-refractivity contribution is 7.09. The molecule has 1 aliphatic heterocycles. The molecule has 18 nitrogen and oxygen atoms in total. The smallest absolute Gasteiger partial charge is 0.382 e. The molecule has 0 aliphatic carbocycles. The highest BCUT2D eigenvalue weighted by Gasteiger charge is 2.38. The quantitative estimate of drug-likeness (QED) is 0.0143. The number of aliphatic carboxylic acids is 1. The van der Waals surface area contributed by atoms with Gasteiger partial charge in [0.05, 0.1) is 24.3 Å². The molecule has 69 heavy (non-hydrogen) atoms. The lowest BCUT2D eigenvalue weighted by atomic mass is 9.83. The minimum Gasteiger partial charge on any atom is -0.506 e. The molecule has 1 aliphatic rings. The number of ketones is 2. The van der Waals surface area contributed by atoms with Crippen molar-refractivity contribution in [3.8, 4) is 17.6 Å². The summed E-state index contributed by atoms with van der Waals surface area (Å²) < 4.78 is 5.83. The summed E-state index contributed by atoms with van der Waals surface area (Å²) in [6, 6.07) is 3.15. The van der Waals surface area contributed by atoms with Gasteiger partial charge in [-0.3, -0.25) is 38.6 Å². The molecule has 7 atom stereocenters. The Hall–Kier alpha value is -5.71. The van der Waals surface area contributed by atoms with E-state index in [0.717, 1.165) is 37.1 Å². The predicted octanol–water partition coefficient (Wildman–Crippen LogP) is 6.45. The first-order valence-electron chi connectivity index (χ1n) is 23.8. The number of anilines is 1. The summed E-state index contributed by atoms with van der Waals surface area (Å²) in [5.41, 5.74) is 0.693. The first-order chi connectivity index (χ1) is 32.6. The Morgan fingerprint density at radius 2 is 1.71 bits per heavy atom. The largest absolute Gasteiger partial charge is 0.506 e. The van der Waals surface area contributed by atoms with Crippen LogP contribution in [0, 0.1) is 35.5 Å². The molecule has 380 valence electrons. The molecule has 1 aromatic carbocycles. The number of carboxylic acids is 1. The minimum absolute atomic E-state index is 0.00171. The number of Topliss-reactive ketones (excluding diaryl/α,β-unsaturated/α-hetero) is 2. The third kappa shape index (κ3) is 19.0. The number of unbranched alkanes of at least 4 members (excludes halogenated alkanes) is 1. The number of phenols is 1. The molecule has 3 amide bonds. The SMILES string of the molecule is CCOOC(=O)C(C)C[C@H](Cc1ccc(O)c(NC(=O)CCCCC(=O)C#CC(=O)O)c1)NC(=O)c1csc([C@@H](C[C@H](C(C)C)N(C)C(=O)[C@@H](CC(=O)[C@H]2CCCCN2C)[C@@H](C)CC)OC(C)=O)n1. The Balaban J connectivity index is 1.82. The maximum Gasteiger partial charge on any atom is 0.382 e. The number of carbonyl (C=O) groups excluding carboxylic acids is 7. The summed E-state index contributed by atoms with van der Waals surface area (Å²) in [5, 5.41) is 26.7. The number of carbonyl (C=O) groups is 8. The van der Waals surface area contributed by atoms with Crippen molar-refractivity contribution in [2.75, 3.05) is 32.6 Å². The number of carboxylic acid groups (broad SMARTS) is 1. The molecule has 0 bridgehead atoms. The molecule has 19 heteroatoms. The average Bonchev–Trinajstić information content (AvgIpc) is 3.80.